The molecule has 0 saturated heterocycles. The molecule has 4 nitrogen and oxygen atoms in total. The Morgan fingerprint density at radius 2 is 1.74 bits per heavy atom. The number of carboxylic acid groups (broad SMARTS) is 1. The SMILES string of the molecule is CCCc1ccc(C(=O)N(CCC)CC(=O)O)cc1. The van der Waals surface area contributed by atoms with Gasteiger partial charge in [0.2, 0.25) is 0 Å². The Bertz CT molecular complexity index is 426. The molecule has 0 bridgehead atoms. The van der Waals surface area contributed by atoms with Gasteiger partial charge >= 0.3 is 5.97 Å². The lowest BCUT2D eigenvalue weighted by Gasteiger charge is -2.20. The van der Waals surface area contributed by atoms with Gasteiger partial charge in [-0.2, -0.15) is 0 Å². The van der Waals surface area contributed by atoms with Gasteiger partial charge in [0.15, 0.2) is 0 Å². The highest BCUT2D eigenvalue weighted by molar-refractivity contribution is 5.95. The van der Waals surface area contributed by atoms with Gasteiger partial charge in [-0.25, -0.2) is 0 Å². The highest BCUT2D eigenvalue weighted by Gasteiger charge is 2.17. The van der Waals surface area contributed by atoms with E-state index in [4.69, 9.17) is 5.11 Å². The smallest absolute Gasteiger partial charge is 0.323 e. The first kappa shape index (κ1) is 15.2. The van der Waals surface area contributed by atoms with Crippen LogP contribution in [-0.4, -0.2) is 35.0 Å². The minimum Gasteiger partial charge on any atom is -0.480 e. The predicted octanol–water partition coefficient (Wildman–Crippen LogP) is 2.58. The maximum absolute atomic E-state index is 12.2. The van der Waals surface area contributed by atoms with Gasteiger partial charge in [0.1, 0.15) is 6.54 Å². The van der Waals surface area contributed by atoms with Crippen LogP contribution in [0.25, 0.3) is 0 Å². The summed E-state index contributed by atoms with van der Waals surface area (Å²) in [6.45, 7) is 4.24. The predicted molar refractivity (Wildman–Crippen MR) is 74.3 cm³/mol. The summed E-state index contributed by atoms with van der Waals surface area (Å²) in [7, 11) is 0. The number of hydrogen-bond donors (Lipinski definition) is 1. The van der Waals surface area contributed by atoms with Gasteiger partial charge in [0.25, 0.3) is 5.91 Å². The second kappa shape index (κ2) is 7.56. The van der Waals surface area contributed by atoms with Gasteiger partial charge in [-0.1, -0.05) is 32.4 Å². The van der Waals surface area contributed by atoms with Crippen molar-refractivity contribution in [1.82, 2.24) is 4.90 Å². The van der Waals surface area contributed by atoms with Crippen LogP contribution in [0.1, 0.15) is 42.6 Å². The van der Waals surface area contributed by atoms with Gasteiger partial charge in [-0.3, -0.25) is 9.59 Å². The average molecular weight is 263 g/mol. The van der Waals surface area contributed by atoms with Crippen LogP contribution < -0.4 is 0 Å². The van der Waals surface area contributed by atoms with E-state index >= 15 is 0 Å². The van der Waals surface area contributed by atoms with Crippen molar-refractivity contribution in [2.75, 3.05) is 13.1 Å². The molecule has 0 aliphatic rings. The number of carboxylic acids is 1. The number of carbonyl (C=O) groups excluding carboxylic acids is 1. The lowest BCUT2D eigenvalue weighted by Crippen LogP contribution is -2.36. The second-order valence-corrected chi connectivity index (χ2v) is 4.57. The Hall–Kier alpha value is -1.84. The van der Waals surface area contributed by atoms with Crippen molar-refractivity contribution >= 4 is 11.9 Å². The molecule has 104 valence electrons. The van der Waals surface area contributed by atoms with Crippen molar-refractivity contribution in [1.29, 1.82) is 0 Å². The molecule has 0 aromatic heterocycles. The third-order valence-electron chi connectivity index (χ3n) is 2.85. The quantitative estimate of drug-likeness (QED) is 0.822. The summed E-state index contributed by atoms with van der Waals surface area (Å²) in [5, 5.41) is 8.83. The van der Waals surface area contributed by atoms with Crippen LogP contribution >= 0.6 is 0 Å². The van der Waals surface area contributed by atoms with E-state index in [1.54, 1.807) is 12.1 Å². The molecule has 1 aromatic carbocycles. The fourth-order valence-corrected chi connectivity index (χ4v) is 1.97. The van der Waals surface area contributed by atoms with Crippen molar-refractivity contribution < 1.29 is 14.7 Å². The Morgan fingerprint density at radius 3 is 2.21 bits per heavy atom. The van der Waals surface area contributed by atoms with E-state index in [1.807, 2.05) is 19.1 Å². The Kier molecular flexibility index (Phi) is 6.06. The summed E-state index contributed by atoms with van der Waals surface area (Å²) in [5.41, 5.74) is 1.74. The van der Waals surface area contributed by atoms with Crippen molar-refractivity contribution in [2.24, 2.45) is 0 Å². The molecule has 0 aliphatic carbocycles. The monoisotopic (exact) mass is 263 g/mol. The van der Waals surface area contributed by atoms with E-state index in [1.165, 1.54) is 10.5 Å². The minimum absolute atomic E-state index is 0.215. The normalized spacial score (nSPS) is 10.2. The van der Waals surface area contributed by atoms with Gasteiger partial charge in [-0.05, 0) is 30.5 Å². The van der Waals surface area contributed by atoms with E-state index < -0.39 is 5.97 Å². The molecule has 19 heavy (non-hydrogen) atoms. The molecular formula is C15H21NO3. The fourth-order valence-electron chi connectivity index (χ4n) is 1.97. The second-order valence-electron chi connectivity index (χ2n) is 4.57. The van der Waals surface area contributed by atoms with Crippen molar-refractivity contribution in [3.63, 3.8) is 0 Å². The van der Waals surface area contributed by atoms with Crippen LogP contribution in [0.5, 0.6) is 0 Å². The zero-order valence-electron chi connectivity index (χ0n) is 11.6. The molecule has 1 rings (SSSR count). The van der Waals surface area contributed by atoms with Gasteiger partial charge < -0.3 is 10.0 Å². The summed E-state index contributed by atoms with van der Waals surface area (Å²) in [6, 6.07) is 7.42. The maximum Gasteiger partial charge on any atom is 0.323 e. The van der Waals surface area contributed by atoms with Gasteiger partial charge in [0, 0.05) is 12.1 Å². The number of aliphatic carboxylic acids is 1. The number of benzene rings is 1. The van der Waals surface area contributed by atoms with E-state index in [-0.39, 0.29) is 12.5 Å². The van der Waals surface area contributed by atoms with Gasteiger partial charge in [0.05, 0.1) is 0 Å². The van der Waals surface area contributed by atoms with Crippen LogP contribution in [0.4, 0.5) is 0 Å². The fraction of sp³-hybridized carbons (Fsp3) is 0.467. The molecule has 0 unspecified atom stereocenters. The maximum atomic E-state index is 12.2. The van der Waals surface area contributed by atoms with Crippen LogP contribution in [-0.2, 0) is 11.2 Å². The van der Waals surface area contributed by atoms with Crippen LogP contribution in [0.2, 0.25) is 0 Å². The number of hydrogen-bond acceptors (Lipinski definition) is 2. The van der Waals surface area contributed by atoms with E-state index in [2.05, 4.69) is 6.92 Å². The Balaban J connectivity index is 2.80. The number of nitrogens with zero attached hydrogens (tertiary/aromatic N) is 1. The third kappa shape index (κ3) is 4.73. The average Bonchev–Trinajstić information content (AvgIpc) is 2.38. The summed E-state index contributed by atoms with van der Waals surface area (Å²) in [4.78, 5) is 24.3. The number of aryl methyl sites for hydroxylation is 1. The zero-order chi connectivity index (χ0) is 14.3. The molecule has 1 amide bonds. The van der Waals surface area contributed by atoms with Crippen molar-refractivity contribution in [3.8, 4) is 0 Å². The van der Waals surface area contributed by atoms with Crippen LogP contribution in [0, 0.1) is 0 Å². The van der Waals surface area contributed by atoms with E-state index in [0.29, 0.717) is 12.1 Å². The standard InChI is InChI=1S/C15H21NO3/c1-3-5-12-6-8-13(9-7-12)15(19)16(10-4-2)11-14(17)18/h6-9H,3-5,10-11H2,1-2H3,(H,17,18). The van der Waals surface area contributed by atoms with E-state index in [0.717, 1.165) is 19.3 Å². The molecule has 1 aromatic rings. The van der Waals surface area contributed by atoms with Gasteiger partial charge in [-0.15, -0.1) is 0 Å². The molecule has 0 spiro atoms. The molecule has 0 aliphatic heterocycles. The Labute approximate surface area is 114 Å². The molecule has 0 heterocycles. The van der Waals surface area contributed by atoms with Crippen LogP contribution in [0.3, 0.4) is 0 Å². The van der Waals surface area contributed by atoms with Crippen LogP contribution in [0.15, 0.2) is 24.3 Å². The first-order chi connectivity index (χ1) is 9.08. The molecule has 4 heteroatoms. The zero-order valence-corrected chi connectivity index (χ0v) is 11.6. The number of rotatable bonds is 7. The highest BCUT2D eigenvalue weighted by atomic mass is 16.4. The minimum atomic E-state index is -0.982. The van der Waals surface area contributed by atoms with Crippen molar-refractivity contribution in [2.45, 2.75) is 33.1 Å². The largest absolute Gasteiger partial charge is 0.480 e. The summed E-state index contributed by atoms with van der Waals surface area (Å²) in [5.74, 6) is -1.20. The molecular weight excluding hydrogens is 242 g/mol. The first-order valence-corrected chi connectivity index (χ1v) is 6.68. The van der Waals surface area contributed by atoms with E-state index in [9.17, 15) is 9.59 Å². The molecule has 0 radical (unpaired) electrons. The summed E-state index contributed by atoms with van der Waals surface area (Å²) in [6.07, 6.45) is 2.80. The number of carbonyl (C=O) groups is 2. The lowest BCUT2D eigenvalue weighted by molar-refractivity contribution is -0.137. The molecule has 0 atom stereocenters. The molecule has 0 fully saturated rings. The van der Waals surface area contributed by atoms with Crippen molar-refractivity contribution in [3.05, 3.63) is 35.4 Å². The first-order valence-electron chi connectivity index (χ1n) is 6.68. The summed E-state index contributed by atoms with van der Waals surface area (Å²) >= 11 is 0. The molecule has 0 saturated carbocycles. The topological polar surface area (TPSA) is 57.6 Å². The summed E-state index contributed by atoms with van der Waals surface area (Å²) < 4.78 is 0. The highest BCUT2D eigenvalue weighted by Crippen LogP contribution is 2.10. The third-order valence-corrected chi connectivity index (χ3v) is 2.85. The lowest BCUT2D eigenvalue weighted by atomic mass is 10.1. The number of amides is 1. The molecule has 1 N–H and O–H groups in total. The Morgan fingerprint density at radius 1 is 1.11 bits per heavy atom.